The second kappa shape index (κ2) is 10.2. The molecule has 0 aliphatic carbocycles. The molecule has 2 aromatic heterocycles. The highest BCUT2D eigenvalue weighted by Crippen LogP contribution is 2.36. The Bertz CT molecular complexity index is 1100. The van der Waals surface area contributed by atoms with Crippen LogP contribution in [-0.4, -0.2) is 28.8 Å². The molecule has 0 saturated heterocycles. The highest BCUT2D eigenvalue weighted by Gasteiger charge is 2.11. The predicted molar refractivity (Wildman–Crippen MR) is 123 cm³/mol. The maximum atomic E-state index is 11.9. The summed E-state index contributed by atoms with van der Waals surface area (Å²) < 4.78 is 11.9. The Kier molecular flexibility index (Phi) is 6.90. The molecule has 1 atom stereocenters. The molecule has 0 fully saturated rings. The van der Waals surface area contributed by atoms with E-state index in [4.69, 9.17) is 4.74 Å². The van der Waals surface area contributed by atoms with Gasteiger partial charge in [0.1, 0.15) is 13.2 Å². The van der Waals surface area contributed by atoms with Crippen LogP contribution in [-0.2, 0) is 22.7 Å². The van der Waals surface area contributed by atoms with Crippen molar-refractivity contribution in [3.63, 3.8) is 0 Å². The summed E-state index contributed by atoms with van der Waals surface area (Å²) in [5, 5.41) is 0. The summed E-state index contributed by atoms with van der Waals surface area (Å²) in [6.45, 7) is 3.16. The average Bonchev–Trinajstić information content (AvgIpc) is 3.00. The molecular formula is C24H24N4O2P+. The van der Waals surface area contributed by atoms with Crippen LogP contribution in [0.2, 0.25) is 0 Å². The van der Waals surface area contributed by atoms with E-state index in [1.807, 2.05) is 77.9 Å². The molecule has 1 aliphatic heterocycles. The number of rotatable bonds is 7. The number of hydrogen-bond donors (Lipinski definition) is 0. The zero-order chi connectivity index (χ0) is 21.5. The maximum Gasteiger partial charge on any atom is 0.306 e. The lowest BCUT2D eigenvalue weighted by atomic mass is 10.2. The smallest absolute Gasteiger partial charge is 0.306 e. The molecule has 7 heteroatoms. The zero-order valence-electron chi connectivity index (χ0n) is 17.4. The van der Waals surface area contributed by atoms with Crippen LogP contribution >= 0.6 is 8.07 Å². The first-order valence-corrected chi connectivity index (χ1v) is 12.0. The zero-order valence-corrected chi connectivity index (χ0v) is 18.3. The molecule has 0 amide bonds. The van der Waals surface area contributed by atoms with Gasteiger partial charge in [0, 0.05) is 43.9 Å². The quantitative estimate of drug-likeness (QED) is 0.316. The van der Waals surface area contributed by atoms with Crippen LogP contribution in [0.25, 0.3) is 17.5 Å². The van der Waals surface area contributed by atoms with E-state index in [0.29, 0.717) is 18.9 Å². The lowest BCUT2D eigenvalue weighted by molar-refractivity contribution is -0.697. The first-order chi connectivity index (χ1) is 15.2. The van der Waals surface area contributed by atoms with Gasteiger partial charge in [0.15, 0.2) is 18.2 Å². The Balaban J connectivity index is 1.29. The third-order valence-corrected chi connectivity index (χ3v) is 5.93. The SMILES string of the molecule is CP1C=Cc2cnc(-c3cc[n+](CCCC(=O)OCc4ccccc4)cc3)nc2C=N1. The van der Waals surface area contributed by atoms with Crippen LogP contribution in [0.4, 0.5) is 0 Å². The minimum absolute atomic E-state index is 0.175. The summed E-state index contributed by atoms with van der Waals surface area (Å²) in [5.41, 5.74) is 3.78. The molecule has 1 unspecified atom stereocenters. The van der Waals surface area contributed by atoms with Gasteiger partial charge in [-0.25, -0.2) is 14.5 Å². The molecule has 0 bridgehead atoms. The number of pyridine rings is 1. The van der Waals surface area contributed by atoms with Gasteiger partial charge < -0.3 is 4.74 Å². The highest BCUT2D eigenvalue weighted by atomic mass is 31.1. The summed E-state index contributed by atoms with van der Waals surface area (Å²) in [6, 6.07) is 13.7. The van der Waals surface area contributed by atoms with Gasteiger partial charge in [0.05, 0.1) is 18.3 Å². The minimum atomic E-state index is -0.473. The van der Waals surface area contributed by atoms with Crippen molar-refractivity contribution < 1.29 is 14.1 Å². The molecular weight excluding hydrogens is 407 g/mol. The summed E-state index contributed by atoms with van der Waals surface area (Å²) in [5.74, 6) is 2.60. The Morgan fingerprint density at radius 2 is 1.94 bits per heavy atom. The number of nitrogens with zero attached hydrogens (tertiary/aromatic N) is 4. The van der Waals surface area contributed by atoms with Crippen molar-refractivity contribution in [2.75, 3.05) is 6.66 Å². The van der Waals surface area contributed by atoms with Crippen molar-refractivity contribution in [2.45, 2.75) is 26.0 Å². The number of ether oxygens (including phenoxy) is 1. The summed E-state index contributed by atoms with van der Waals surface area (Å²) in [6.07, 6.45) is 10.8. The van der Waals surface area contributed by atoms with Crippen LogP contribution in [0.5, 0.6) is 0 Å². The molecule has 3 aromatic rings. The van der Waals surface area contributed by atoms with E-state index in [9.17, 15) is 4.79 Å². The molecule has 0 radical (unpaired) electrons. The van der Waals surface area contributed by atoms with Crippen molar-refractivity contribution in [1.29, 1.82) is 0 Å². The number of hydrogen-bond acceptors (Lipinski definition) is 5. The van der Waals surface area contributed by atoms with E-state index in [1.54, 1.807) is 0 Å². The minimum Gasteiger partial charge on any atom is -0.461 e. The molecule has 1 aliphatic rings. The average molecular weight is 431 g/mol. The van der Waals surface area contributed by atoms with E-state index >= 15 is 0 Å². The Hall–Kier alpha value is -3.24. The second-order valence-electron chi connectivity index (χ2n) is 7.24. The number of esters is 1. The third-order valence-electron chi connectivity index (χ3n) is 4.87. The van der Waals surface area contributed by atoms with Crippen molar-refractivity contribution in [1.82, 2.24) is 9.97 Å². The molecule has 0 spiro atoms. The maximum absolute atomic E-state index is 11.9. The van der Waals surface area contributed by atoms with Gasteiger partial charge in [-0.3, -0.25) is 9.56 Å². The molecule has 0 saturated carbocycles. The number of carbonyl (C=O) groups excluding carboxylic acids is 1. The van der Waals surface area contributed by atoms with Crippen molar-refractivity contribution in [2.24, 2.45) is 4.76 Å². The van der Waals surface area contributed by atoms with Gasteiger partial charge in [-0.2, -0.15) is 0 Å². The first kappa shape index (κ1) is 21.0. The van der Waals surface area contributed by atoms with E-state index in [1.165, 1.54) is 0 Å². The molecule has 156 valence electrons. The van der Waals surface area contributed by atoms with Gasteiger partial charge >= 0.3 is 5.97 Å². The van der Waals surface area contributed by atoms with Crippen LogP contribution in [0, 0.1) is 0 Å². The van der Waals surface area contributed by atoms with E-state index in [-0.39, 0.29) is 5.97 Å². The number of aryl methyl sites for hydroxylation is 1. The summed E-state index contributed by atoms with van der Waals surface area (Å²) >= 11 is 0. The van der Waals surface area contributed by atoms with Gasteiger partial charge in [-0.15, -0.1) is 0 Å². The van der Waals surface area contributed by atoms with E-state index in [2.05, 4.69) is 27.2 Å². The molecule has 1 aromatic carbocycles. The predicted octanol–water partition coefficient (Wildman–Crippen LogP) is 4.38. The molecule has 31 heavy (non-hydrogen) atoms. The largest absolute Gasteiger partial charge is 0.461 e. The molecule has 4 rings (SSSR count). The lowest BCUT2D eigenvalue weighted by Crippen LogP contribution is -2.32. The van der Waals surface area contributed by atoms with Crippen molar-refractivity contribution >= 4 is 26.3 Å². The van der Waals surface area contributed by atoms with Crippen LogP contribution in [0.15, 0.2) is 71.6 Å². The Morgan fingerprint density at radius 1 is 1.13 bits per heavy atom. The highest BCUT2D eigenvalue weighted by molar-refractivity contribution is 7.59. The fraction of sp³-hybridized carbons (Fsp3) is 0.208. The second-order valence-corrected chi connectivity index (χ2v) is 8.92. The lowest BCUT2D eigenvalue weighted by Gasteiger charge is -2.05. The molecule has 3 heterocycles. The topological polar surface area (TPSA) is 68.3 Å². The van der Waals surface area contributed by atoms with E-state index < -0.39 is 8.07 Å². The van der Waals surface area contributed by atoms with Gasteiger partial charge in [0.2, 0.25) is 0 Å². The fourth-order valence-corrected chi connectivity index (χ4v) is 3.86. The Morgan fingerprint density at radius 3 is 2.74 bits per heavy atom. The van der Waals surface area contributed by atoms with Gasteiger partial charge in [0.25, 0.3) is 0 Å². The molecule has 0 N–H and O–H groups in total. The van der Waals surface area contributed by atoms with Gasteiger partial charge in [-0.1, -0.05) is 30.3 Å². The van der Waals surface area contributed by atoms with Gasteiger partial charge in [-0.05, 0) is 24.1 Å². The monoisotopic (exact) mass is 431 g/mol. The fourth-order valence-electron chi connectivity index (χ4n) is 3.12. The summed E-state index contributed by atoms with van der Waals surface area (Å²) in [4.78, 5) is 21.1. The normalized spacial score (nSPS) is 14.7. The third kappa shape index (κ3) is 5.89. The van der Waals surface area contributed by atoms with Crippen LogP contribution in [0.3, 0.4) is 0 Å². The van der Waals surface area contributed by atoms with Crippen molar-refractivity contribution in [3.05, 3.63) is 83.7 Å². The number of carbonyl (C=O) groups is 1. The molecule has 6 nitrogen and oxygen atoms in total. The van der Waals surface area contributed by atoms with E-state index in [0.717, 1.165) is 35.3 Å². The number of fused-ring (bicyclic) bond motifs is 1. The first-order valence-electron chi connectivity index (χ1n) is 10.2. The van der Waals surface area contributed by atoms with Crippen LogP contribution < -0.4 is 4.57 Å². The van der Waals surface area contributed by atoms with Crippen LogP contribution in [0.1, 0.15) is 29.7 Å². The number of benzene rings is 1. The number of aromatic nitrogens is 3. The standard InChI is InChI=1S/C24H24N4O2P/c1-31-15-11-21-16-25-24(27-22(21)17-26-31)20-9-13-28(14-10-20)12-5-8-23(29)30-18-19-6-3-2-4-7-19/h2-4,6-7,9-11,13-17H,5,8,12,18H2,1H3/q+1. The summed E-state index contributed by atoms with van der Waals surface area (Å²) in [7, 11) is -0.473. The van der Waals surface area contributed by atoms with Crippen molar-refractivity contribution in [3.8, 4) is 11.4 Å². The Labute approximate surface area is 183 Å².